The van der Waals surface area contributed by atoms with Gasteiger partial charge >= 0.3 is 0 Å². The number of methoxy groups -OCH3 is 1. The first kappa shape index (κ1) is 15.6. The summed E-state index contributed by atoms with van der Waals surface area (Å²) in [6, 6.07) is 9.69. The van der Waals surface area contributed by atoms with Crippen LogP contribution in [-0.4, -0.2) is 30.7 Å². The summed E-state index contributed by atoms with van der Waals surface area (Å²) in [5.74, 6) is -0.637. The molecule has 0 aliphatic rings. The summed E-state index contributed by atoms with van der Waals surface area (Å²) in [7, 11) is 1.60. The Kier molecular flexibility index (Phi) is 6.45. The van der Waals surface area contributed by atoms with E-state index in [0.717, 1.165) is 5.56 Å². The second-order valence-electron chi connectivity index (χ2n) is 4.44. The maximum absolute atomic E-state index is 12.1. The van der Waals surface area contributed by atoms with Crippen LogP contribution in [0, 0.1) is 5.92 Å². The highest BCUT2D eigenvalue weighted by Crippen LogP contribution is 2.09. The Morgan fingerprint density at radius 1 is 1.42 bits per heavy atom. The molecule has 5 heteroatoms. The smallest absolute Gasteiger partial charge is 0.230 e. The van der Waals surface area contributed by atoms with Crippen molar-refractivity contribution in [3.63, 3.8) is 0 Å². The van der Waals surface area contributed by atoms with Gasteiger partial charge in [0.2, 0.25) is 5.91 Å². The third-order valence-corrected chi connectivity index (χ3v) is 3.19. The summed E-state index contributed by atoms with van der Waals surface area (Å²) in [5, 5.41) is 2.80. The predicted molar refractivity (Wildman–Crippen MR) is 79.9 cm³/mol. The van der Waals surface area contributed by atoms with Gasteiger partial charge in [0.05, 0.1) is 17.0 Å². The van der Waals surface area contributed by atoms with Crippen molar-refractivity contribution < 1.29 is 9.53 Å². The fourth-order valence-corrected chi connectivity index (χ4v) is 1.81. The van der Waals surface area contributed by atoms with Crippen molar-refractivity contribution >= 4 is 23.1 Å². The van der Waals surface area contributed by atoms with Crippen LogP contribution in [-0.2, 0) is 16.0 Å². The van der Waals surface area contributed by atoms with E-state index in [0.29, 0.717) is 13.0 Å². The van der Waals surface area contributed by atoms with E-state index in [1.54, 1.807) is 7.11 Å². The molecule has 0 aromatic heterocycles. The third-order valence-electron chi connectivity index (χ3n) is 2.91. The molecule has 4 nitrogen and oxygen atoms in total. The largest absolute Gasteiger partial charge is 0.393 e. The number of hydrogen-bond donors (Lipinski definition) is 2. The Morgan fingerprint density at radius 3 is 2.58 bits per heavy atom. The molecule has 1 rings (SSSR count). The molecule has 0 radical (unpaired) electrons. The van der Waals surface area contributed by atoms with Crippen LogP contribution in [0.4, 0.5) is 0 Å². The van der Waals surface area contributed by atoms with Gasteiger partial charge in [0.25, 0.3) is 0 Å². The number of amides is 1. The quantitative estimate of drug-likeness (QED) is 0.739. The molecule has 0 aliphatic heterocycles. The lowest BCUT2D eigenvalue weighted by molar-refractivity contribution is -0.123. The molecule has 1 aromatic carbocycles. The fraction of sp³-hybridized carbons (Fsp3) is 0.429. The molecule has 1 aromatic rings. The van der Waals surface area contributed by atoms with Crippen molar-refractivity contribution in [3.05, 3.63) is 35.9 Å². The van der Waals surface area contributed by atoms with Crippen molar-refractivity contribution in [2.24, 2.45) is 11.7 Å². The van der Waals surface area contributed by atoms with Crippen molar-refractivity contribution in [2.75, 3.05) is 13.7 Å². The van der Waals surface area contributed by atoms with Crippen LogP contribution >= 0.6 is 12.2 Å². The zero-order chi connectivity index (χ0) is 14.3. The second kappa shape index (κ2) is 7.86. The topological polar surface area (TPSA) is 64.3 Å². The molecule has 19 heavy (non-hydrogen) atoms. The Hall–Kier alpha value is -1.46. The fourth-order valence-electron chi connectivity index (χ4n) is 1.62. The minimum Gasteiger partial charge on any atom is -0.393 e. The molecular formula is C14H20N2O2S. The number of rotatable bonds is 7. The minimum atomic E-state index is -0.485. The number of nitrogens with two attached hydrogens (primary N) is 1. The molecule has 0 saturated heterocycles. The maximum atomic E-state index is 12.1. The van der Waals surface area contributed by atoms with Gasteiger partial charge in [0, 0.05) is 13.7 Å². The summed E-state index contributed by atoms with van der Waals surface area (Å²) in [4.78, 5) is 12.3. The number of ether oxygens (including phenoxy) is 1. The molecule has 104 valence electrons. The van der Waals surface area contributed by atoms with Gasteiger partial charge in [-0.15, -0.1) is 0 Å². The van der Waals surface area contributed by atoms with Crippen LogP contribution in [0.5, 0.6) is 0 Å². The number of carbonyl (C=O) groups is 1. The van der Waals surface area contributed by atoms with Gasteiger partial charge in [-0.05, 0) is 18.9 Å². The number of nitrogens with one attached hydrogen (secondary N) is 1. The highest BCUT2D eigenvalue weighted by atomic mass is 32.1. The lowest BCUT2D eigenvalue weighted by Gasteiger charge is -2.17. The zero-order valence-electron chi connectivity index (χ0n) is 11.3. The van der Waals surface area contributed by atoms with E-state index in [-0.39, 0.29) is 17.0 Å². The minimum absolute atomic E-state index is 0.0346. The molecule has 0 bridgehead atoms. The Bertz CT molecular complexity index is 423. The lowest BCUT2D eigenvalue weighted by atomic mass is 9.98. The monoisotopic (exact) mass is 280 g/mol. The summed E-state index contributed by atoms with van der Waals surface area (Å²) >= 11 is 4.99. The van der Waals surface area contributed by atoms with Crippen molar-refractivity contribution in [1.82, 2.24) is 5.32 Å². The van der Waals surface area contributed by atoms with E-state index in [9.17, 15) is 4.79 Å². The van der Waals surface area contributed by atoms with Crippen molar-refractivity contribution in [2.45, 2.75) is 19.4 Å². The van der Waals surface area contributed by atoms with Crippen LogP contribution in [0.3, 0.4) is 0 Å². The van der Waals surface area contributed by atoms with E-state index in [2.05, 4.69) is 5.32 Å². The second-order valence-corrected chi connectivity index (χ2v) is 4.91. The van der Waals surface area contributed by atoms with E-state index < -0.39 is 5.92 Å². The van der Waals surface area contributed by atoms with Crippen molar-refractivity contribution in [1.29, 1.82) is 0 Å². The van der Waals surface area contributed by atoms with Gasteiger partial charge in [-0.3, -0.25) is 4.79 Å². The van der Waals surface area contributed by atoms with Gasteiger partial charge in [0.15, 0.2) is 0 Å². The summed E-state index contributed by atoms with van der Waals surface area (Å²) in [6.07, 6.45) is 0.483. The normalized spacial score (nSPS) is 13.6. The third kappa shape index (κ3) is 5.36. The summed E-state index contributed by atoms with van der Waals surface area (Å²) in [5.41, 5.74) is 6.70. The van der Waals surface area contributed by atoms with E-state index >= 15 is 0 Å². The van der Waals surface area contributed by atoms with Gasteiger partial charge in [-0.1, -0.05) is 42.5 Å². The lowest BCUT2D eigenvalue weighted by Crippen LogP contribution is -2.41. The molecular weight excluding hydrogens is 260 g/mol. The molecule has 1 amide bonds. The number of thiocarbonyl (C=S) groups is 1. The van der Waals surface area contributed by atoms with Crippen LogP contribution in [0.1, 0.15) is 12.5 Å². The van der Waals surface area contributed by atoms with Crippen LogP contribution in [0.2, 0.25) is 0 Å². The van der Waals surface area contributed by atoms with Gasteiger partial charge in [-0.2, -0.15) is 0 Å². The molecule has 0 heterocycles. The van der Waals surface area contributed by atoms with Crippen LogP contribution in [0.25, 0.3) is 0 Å². The Morgan fingerprint density at radius 2 is 2.05 bits per heavy atom. The molecule has 0 fully saturated rings. The van der Waals surface area contributed by atoms with E-state index in [4.69, 9.17) is 22.7 Å². The summed E-state index contributed by atoms with van der Waals surface area (Å²) < 4.78 is 5.08. The highest BCUT2D eigenvalue weighted by molar-refractivity contribution is 7.80. The predicted octanol–water partition coefficient (Wildman–Crippen LogP) is 1.28. The highest BCUT2D eigenvalue weighted by Gasteiger charge is 2.21. The first-order chi connectivity index (χ1) is 9.04. The SMILES string of the molecule is COC(C)CNC(=O)C(Cc1ccccc1)C(N)=S. The average molecular weight is 280 g/mol. The van der Waals surface area contributed by atoms with Gasteiger partial charge in [-0.25, -0.2) is 0 Å². The molecule has 0 spiro atoms. The van der Waals surface area contributed by atoms with Gasteiger partial charge < -0.3 is 15.8 Å². The molecule has 0 saturated carbocycles. The number of benzene rings is 1. The Labute approximate surface area is 119 Å². The van der Waals surface area contributed by atoms with Crippen LogP contribution < -0.4 is 11.1 Å². The molecule has 2 unspecified atom stereocenters. The number of hydrogen-bond acceptors (Lipinski definition) is 3. The standard InChI is InChI=1S/C14H20N2O2S/c1-10(18-2)9-16-14(17)12(13(15)19)8-11-6-4-3-5-7-11/h3-7,10,12H,8-9H2,1-2H3,(H2,15,19)(H,16,17). The summed E-state index contributed by atoms with van der Waals surface area (Å²) in [6.45, 7) is 2.33. The van der Waals surface area contributed by atoms with Crippen LogP contribution in [0.15, 0.2) is 30.3 Å². The van der Waals surface area contributed by atoms with Crippen molar-refractivity contribution in [3.8, 4) is 0 Å². The first-order valence-corrected chi connectivity index (χ1v) is 6.59. The molecule has 2 atom stereocenters. The average Bonchev–Trinajstić information content (AvgIpc) is 2.42. The van der Waals surface area contributed by atoms with E-state index in [1.165, 1.54) is 0 Å². The first-order valence-electron chi connectivity index (χ1n) is 6.18. The zero-order valence-corrected chi connectivity index (χ0v) is 12.1. The van der Waals surface area contributed by atoms with Gasteiger partial charge in [0.1, 0.15) is 0 Å². The van der Waals surface area contributed by atoms with E-state index in [1.807, 2.05) is 37.3 Å². The number of carbonyl (C=O) groups excluding carboxylic acids is 1. The maximum Gasteiger partial charge on any atom is 0.230 e. The molecule has 0 aliphatic carbocycles. The Balaban J connectivity index is 2.62. The molecule has 3 N–H and O–H groups in total.